The van der Waals surface area contributed by atoms with Crippen molar-refractivity contribution in [2.45, 2.75) is 44.5 Å². The lowest BCUT2D eigenvalue weighted by Crippen LogP contribution is -2.56. The highest BCUT2D eigenvalue weighted by molar-refractivity contribution is 8.00. The molecule has 0 aromatic heterocycles. The van der Waals surface area contributed by atoms with E-state index >= 15 is 0 Å². The van der Waals surface area contributed by atoms with Crippen molar-refractivity contribution in [3.63, 3.8) is 0 Å². The Kier molecular flexibility index (Phi) is 3.17. The van der Waals surface area contributed by atoms with Crippen molar-refractivity contribution in [2.24, 2.45) is 5.41 Å². The lowest BCUT2D eigenvalue weighted by molar-refractivity contribution is -0.165. The van der Waals surface area contributed by atoms with Crippen LogP contribution in [-0.2, 0) is 4.79 Å². The van der Waals surface area contributed by atoms with Gasteiger partial charge in [0.1, 0.15) is 0 Å². The van der Waals surface area contributed by atoms with Gasteiger partial charge in [0.25, 0.3) is 0 Å². The number of carbonyl (C=O) groups is 1. The maximum absolute atomic E-state index is 11.1. The van der Waals surface area contributed by atoms with Crippen LogP contribution in [0.1, 0.15) is 33.6 Å². The Bertz CT molecular complexity index is 240. The summed E-state index contributed by atoms with van der Waals surface area (Å²) in [5, 5.41) is 19.5. The van der Waals surface area contributed by atoms with Crippen molar-refractivity contribution >= 4 is 17.7 Å². The minimum absolute atomic E-state index is 0.0117. The van der Waals surface area contributed by atoms with Crippen molar-refractivity contribution in [3.05, 3.63) is 0 Å². The first-order valence-electron chi connectivity index (χ1n) is 4.90. The van der Waals surface area contributed by atoms with E-state index in [1.165, 1.54) is 0 Å². The van der Waals surface area contributed by atoms with Gasteiger partial charge < -0.3 is 10.2 Å². The molecule has 2 atom stereocenters. The number of carboxylic acids is 1. The fraction of sp³-hybridized carbons (Fsp3) is 0.900. The molecule has 1 saturated heterocycles. The molecule has 0 aromatic rings. The minimum Gasteiger partial charge on any atom is -0.481 e. The van der Waals surface area contributed by atoms with Gasteiger partial charge in [-0.3, -0.25) is 4.79 Å². The maximum atomic E-state index is 11.1. The topological polar surface area (TPSA) is 57.5 Å². The quantitative estimate of drug-likeness (QED) is 0.741. The van der Waals surface area contributed by atoms with E-state index in [9.17, 15) is 9.90 Å². The third-order valence-electron chi connectivity index (χ3n) is 3.36. The third-order valence-corrected chi connectivity index (χ3v) is 4.77. The third kappa shape index (κ3) is 1.65. The smallest absolute Gasteiger partial charge is 0.312 e. The van der Waals surface area contributed by atoms with Crippen LogP contribution in [0.15, 0.2) is 0 Å². The van der Waals surface area contributed by atoms with Gasteiger partial charge in [-0.2, -0.15) is 11.8 Å². The molecule has 2 unspecified atom stereocenters. The van der Waals surface area contributed by atoms with E-state index in [1.807, 2.05) is 6.92 Å². The fourth-order valence-corrected chi connectivity index (χ4v) is 3.30. The zero-order valence-electron chi connectivity index (χ0n) is 8.91. The van der Waals surface area contributed by atoms with Gasteiger partial charge in [0.05, 0.1) is 11.0 Å². The molecular weight excluding hydrogens is 200 g/mol. The van der Waals surface area contributed by atoms with Gasteiger partial charge in [-0.25, -0.2) is 0 Å². The molecule has 0 bridgehead atoms. The average molecular weight is 218 g/mol. The molecule has 14 heavy (non-hydrogen) atoms. The number of aliphatic carboxylic acids is 1. The molecular formula is C10H18O3S. The van der Waals surface area contributed by atoms with E-state index in [0.29, 0.717) is 6.42 Å². The lowest BCUT2D eigenvalue weighted by atomic mass is 9.70. The zero-order chi connectivity index (χ0) is 11.0. The van der Waals surface area contributed by atoms with E-state index in [4.69, 9.17) is 5.11 Å². The van der Waals surface area contributed by atoms with Gasteiger partial charge in [0.2, 0.25) is 0 Å². The van der Waals surface area contributed by atoms with Crippen molar-refractivity contribution in [2.75, 3.05) is 5.75 Å². The summed E-state index contributed by atoms with van der Waals surface area (Å²) in [5.41, 5.74) is -2.15. The largest absolute Gasteiger partial charge is 0.481 e. The summed E-state index contributed by atoms with van der Waals surface area (Å²) in [6.45, 7) is 5.13. The molecule has 0 spiro atoms. The standard InChI is InChI=1S/C10H18O3S/c1-7-10(13,5-4-6-14-7)9(2,3)8(11)12/h7,13H,4-6H2,1-3H3,(H,11,12). The van der Waals surface area contributed by atoms with Gasteiger partial charge in [-0.05, 0) is 32.4 Å². The van der Waals surface area contributed by atoms with Crippen LogP contribution in [0.4, 0.5) is 0 Å². The molecule has 1 rings (SSSR count). The maximum Gasteiger partial charge on any atom is 0.312 e. The molecule has 3 nitrogen and oxygen atoms in total. The van der Waals surface area contributed by atoms with Gasteiger partial charge in [0, 0.05) is 5.25 Å². The number of aliphatic hydroxyl groups is 1. The molecule has 1 aliphatic rings. The predicted octanol–water partition coefficient (Wildman–Crippen LogP) is 1.74. The van der Waals surface area contributed by atoms with E-state index in [0.717, 1.165) is 12.2 Å². The summed E-state index contributed by atoms with van der Waals surface area (Å²) >= 11 is 1.66. The monoisotopic (exact) mass is 218 g/mol. The van der Waals surface area contributed by atoms with Crippen molar-refractivity contribution in [1.29, 1.82) is 0 Å². The minimum atomic E-state index is -1.08. The summed E-state index contributed by atoms with van der Waals surface area (Å²) in [6.07, 6.45) is 1.47. The molecule has 1 heterocycles. The second-order valence-corrected chi connectivity index (χ2v) is 5.92. The number of carboxylic acid groups (broad SMARTS) is 1. The second-order valence-electron chi connectivity index (χ2n) is 4.47. The summed E-state index contributed by atoms with van der Waals surface area (Å²) < 4.78 is 0. The molecule has 2 N–H and O–H groups in total. The van der Waals surface area contributed by atoms with Gasteiger partial charge in [-0.1, -0.05) is 6.92 Å². The summed E-state index contributed by atoms with van der Waals surface area (Å²) in [4.78, 5) is 11.1. The van der Waals surface area contributed by atoms with E-state index in [2.05, 4.69) is 0 Å². The highest BCUT2D eigenvalue weighted by atomic mass is 32.2. The molecule has 0 aromatic carbocycles. The van der Waals surface area contributed by atoms with Crippen molar-refractivity contribution in [1.82, 2.24) is 0 Å². The van der Waals surface area contributed by atoms with Gasteiger partial charge in [-0.15, -0.1) is 0 Å². The number of rotatable bonds is 2. The first-order chi connectivity index (χ1) is 6.32. The molecule has 0 radical (unpaired) electrons. The summed E-state index contributed by atoms with van der Waals surface area (Å²) in [5.74, 6) is 0.0912. The van der Waals surface area contributed by atoms with Crippen LogP contribution in [0.25, 0.3) is 0 Å². The van der Waals surface area contributed by atoms with Crippen LogP contribution in [0.5, 0.6) is 0 Å². The van der Waals surface area contributed by atoms with Crippen molar-refractivity contribution < 1.29 is 15.0 Å². The Morgan fingerprint density at radius 3 is 2.57 bits per heavy atom. The molecule has 0 saturated carbocycles. The van der Waals surface area contributed by atoms with Crippen LogP contribution >= 0.6 is 11.8 Å². The van der Waals surface area contributed by atoms with Gasteiger partial charge in [0.15, 0.2) is 0 Å². The SMILES string of the molecule is CC1SCCCC1(O)C(C)(C)C(=O)O. The van der Waals surface area contributed by atoms with Crippen molar-refractivity contribution in [3.8, 4) is 0 Å². The highest BCUT2D eigenvalue weighted by Gasteiger charge is 2.53. The second kappa shape index (κ2) is 3.74. The average Bonchev–Trinajstić information content (AvgIpc) is 2.09. The number of hydrogen-bond acceptors (Lipinski definition) is 3. The van der Waals surface area contributed by atoms with Gasteiger partial charge >= 0.3 is 5.97 Å². The molecule has 82 valence electrons. The van der Waals surface area contributed by atoms with E-state index < -0.39 is 17.0 Å². The first-order valence-corrected chi connectivity index (χ1v) is 5.94. The molecule has 0 amide bonds. The fourth-order valence-electron chi connectivity index (χ4n) is 1.95. The Labute approximate surface area is 88.9 Å². The van der Waals surface area contributed by atoms with Crippen LogP contribution in [0.2, 0.25) is 0 Å². The Morgan fingerprint density at radius 1 is 1.57 bits per heavy atom. The Hall–Kier alpha value is -0.220. The molecule has 1 fully saturated rings. The van der Waals surface area contributed by atoms with Crippen LogP contribution in [0, 0.1) is 5.41 Å². The predicted molar refractivity (Wildman–Crippen MR) is 57.5 cm³/mol. The number of hydrogen-bond donors (Lipinski definition) is 2. The Morgan fingerprint density at radius 2 is 2.14 bits per heavy atom. The van der Waals surface area contributed by atoms with Crippen LogP contribution in [0.3, 0.4) is 0 Å². The Balaban J connectivity index is 2.96. The molecule has 1 aliphatic heterocycles. The van der Waals surface area contributed by atoms with E-state index in [-0.39, 0.29) is 5.25 Å². The molecule has 4 heteroatoms. The summed E-state index contributed by atoms with van der Waals surface area (Å²) in [7, 11) is 0. The van der Waals surface area contributed by atoms with E-state index in [1.54, 1.807) is 25.6 Å². The van der Waals surface area contributed by atoms with Crippen LogP contribution < -0.4 is 0 Å². The lowest BCUT2D eigenvalue weighted by Gasteiger charge is -2.46. The zero-order valence-corrected chi connectivity index (χ0v) is 9.73. The summed E-state index contributed by atoms with van der Waals surface area (Å²) in [6, 6.07) is 0. The first kappa shape index (κ1) is 11.9. The number of thioether (sulfide) groups is 1. The van der Waals surface area contributed by atoms with Crippen LogP contribution in [-0.4, -0.2) is 32.8 Å². The highest BCUT2D eigenvalue weighted by Crippen LogP contribution is 2.45. The normalized spacial score (nSPS) is 34.1. The molecule has 0 aliphatic carbocycles.